The number of aliphatic hydroxyl groups excluding tert-OH is 1. The minimum Gasteiger partial charge on any atom is -0.504 e. The number of rotatable bonds is 7. The molecule has 50 heavy (non-hydrogen) atoms. The minimum atomic E-state index is -5.58. The number of phenolic OH excluding ortho intramolecular Hbond substituents is 9. The lowest BCUT2D eigenvalue weighted by molar-refractivity contribution is -0.469. The van der Waals surface area contributed by atoms with Crippen LogP contribution in [0.1, 0.15) is 31.1 Å². The number of ether oxygens (including phenoxy) is 4. The lowest BCUT2D eigenvalue weighted by Crippen LogP contribution is -2.73. The summed E-state index contributed by atoms with van der Waals surface area (Å²) < 4.78 is 54.6. The Hall–Kier alpha value is -5.98. The number of benzene rings is 3. The van der Waals surface area contributed by atoms with Crippen LogP contribution < -0.4 is 0 Å². The molecule has 0 saturated carbocycles. The van der Waals surface area contributed by atoms with Crippen LogP contribution in [-0.4, -0.2) is 119 Å². The van der Waals surface area contributed by atoms with E-state index in [1.165, 1.54) is 0 Å². The van der Waals surface area contributed by atoms with Crippen molar-refractivity contribution < 1.29 is 106 Å². The van der Waals surface area contributed by atoms with Crippen molar-refractivity contribution in [1.29, 1.82) is 0 Å². The lowest BCUT2D eigenvalue weighted by Gasteiger charge is -2.47. The van der Waals surface area contributed by atoms with Gasteiger partial charge in [-0.3, -0.25) is 0 Å². The van der Waals surface area contributed by atoms with E-state index in [9.17, 15) is 79.0 Å². The van der Waals surface area contributed by atoms with E-state index in [0.717, 1.165) is 0 Å². The molecule has 0 aromatic heterocycles. The van der Waals surface area contributed by atoms with E-state index in [2.05, 4.69) is 8.37 Å². The molecule has 0 spiro atoms. The molecule has 2 fully saturated rings. The monoisotopic (exact) mass is 730 g/mol. The van der Waals surface area contributed by atoms with Gasteiger partial charge in [0, 0.05) is 0 Å². The normalized spacial score (nSPS) is 25.3. The molecule has 0 radical (unpaired) electrons. The Labute approximate surface area is 276 Å². The summed E-state index contributed by atoms with van der Waals surface area (Å²) in [5.74, 6) is -22.3. The molecular formula is C27H22O22S. The van der Waals surface area contributed by atoms with Crippen LogP contribution in [0, 0.1) is 0 Å². The third kappa shape index (κ3) is 6.06. The predicted octanol–water partition coefficient (Wildman–Crippen LogP) is -1.33. The molecule has 2 heterocycles. The van der Waals surface area contributed by atoms with E-state index in [4.69, 9.17) is 18.9 Å². The molecule has 0 amide bonds. The molecule has 5 rings (SSSR count). The summed E-state index contributed by atoms with van der Waals surface area (Å²) in [7, 11) is -5.58. The molecule has 22 nitrogen and oxygen atoms in total. The van der Waals surface area contributed by atoms with Crippen LogP contribution in [0.2, 0.25) is 0 Å². The summed E-state index contributed by atoms with van der Waals surface area (Å²) in [6, 6.07) is 3.28. The summed E-state index contributed by atoms with van der Waals surface area (Å²) >= 11 is 0. The smallest absolute Gasteiger partial charge is 0.408 e. The molecule has 0 unspecified atom stereocenters. The van der Waals surface area contributed by atoms with Gasteiger partial charge in [-0.2, -0.15) is 16.8 Å². The lowest BCUT2D eigenvalue weighted by atomic mass is 9.93. The first kappa shape index (κ1) is 35.3. The first-order valence-electron chi connectivity index (χ1n) is 13.3. The van der Waals surface area contributed by atoms with E-state index >= 15 is 0 Å². The van der Waals surface area contributed by atoms with Crippen LogP contribution >= 0.6 is 0 Å². The largest absolute Gasteiger partial charge is 0.504 e. The van der Waals surface area contributed by atoms with Gasteiger partial charge in [-0.25, -0.2) is 14.4 Å². The van der Waals surface area contributed by atoms with Gasteiger partial charge in [0.25, 0.3) is 0 Å². The number of aromatic hydroxyl groups is 9. The Balaban J connectivity index is 1.56. The van der Waals surface area contributed by atoms with Gasteiger partial charge in [-0.1, -0.05) is 0 Å². The van der Waals surface area contributed by atoms with Gasteiger partial charge in [-0.05, 0) is 36.4 Å². The van der Waals surface area contributed by atoms with E-state index in [1.54, 1.807) is 0 Å². The number of carbonyl (C=O) groups is 3. The molecule has 11 N–H and O–H groups in total. The second kappa shape index (κ2) is 12.2. The Kier molecular flexibility index (Phi) is 8.60. The van der Waals surface area contributed by atoms with Crippen molar-refractivity contribution in [3.63, 3.8) is 0 Å². The predicted molar refractivity (Wildman–Crippen MR) is 149 cm³/mol. The number of aliphatic hydroxyl groups is 2. The maximum Gasteiger partial charge on any atom is 0.408 e. The van der Waals surface area contributed by atoms with Gasteiger partial charge in [0.1, 0.15) is 18.8 Å². The topological polar surface area (TPSA) is 363 Å². The summed E-state index contributed by atoms with van der Waals surface area (Å²) in [5, 5.41) is 110. The van der Waals surface area contributed by atoms with E-state index < -0.39 is 133 Å². The highest BCUT2D eigenvalue weighted by Crippen LogP contribution is 2.50. The third-order valence-corrected chi connectivity index (χ3v) is 7.90. The fourth-order valence-electron chi connectivity index (χ4n) is 4.61. The number of carbonyl (C=O) groups excluding carboxylic acids is 3. The zero-order valence-electron chi connectivity index (χ0n) is 24.2. The van der Waals surface area contributed by atoms with Gasteiger partial charge >= 0.3 is 40.1 Å². The van der Waals surface area contributed by atoms with Crippen molar-refractivity contribution in [2.45, 2.75) is 30.1 Å². The molecule has 3 aromatic carbocycles. The number of esters is 3. The second-order valence-electron chi connectivity index (χ2n) is 10.4. The van der Waals surface area contributed by atoms with Crippen LogP contribution in [0.25, 0.3) is 0 Å². The summed E-state index contributed by atoms with van der Waals surface area (Å²) in [6.45, 7) is -1.25. The molecule has 0 aliphatic carbocycles. The Bertz CT molecular complexity index is 1960. The Morgan fingerprint density at radius 3 is 1.50 bits per heavy atom. The van der Waals surface area contributed by atoms with Crippen LogP contribution in [-0.2, 0) is 37.7 Å². The van der Waals surface area contributed by atoms with E-state index in [1.807, 2.05) is 0 Å². The van der Waals surface area contributed by atoms with Gasteiger partial charge in [0.2, 0.25) is 0 Å². The van der Waals surface area contributed by atoms with Crippen LogP contribution in [0.4, 0.5) is 0 Å². The summed E-state index contributed by atoms with van der Waals surface area (Å²) in [5.41, 5.74) is -2.31. The zero-order valence-corrected chi connectivity index (χ0v) is 25.0. The molecule has 2 aliphatic rings. The summed E-state index contributed by atoms with van der Waals surface area (Å²) in [4.78, 5) is 39.0. The number of hydrogen-bond donors (Lipinski definition) is 11. The quantitative estimate of drug-likeness (QED) is 0.0761. The molecule has 5 atom stereocenters. The maximum absolute atomic E-state index is 13.2. The van der Waals surface area contributed by atoms with E-state index in [0.29, 0.717) is 36.4 Å². The number of phenols is 9. The highest BCUT2D eigenvalue weighted by atomic mass is 32.3. The number of fused-ring (bicyclic) bond motifs is 1. The molecule has 268 valence electrons. The molecule has 2 aliphatic heterocycles. The minimum absolute atomic E-state index is 0.484. The zero-order chi connectivity index (χ0) is 37.1. The first-order valence-corrected chi connectivity index (χ1v) is 14.6. The van der Waals surface area contributed by atoms with Crippen molar-refractivity contribution in [1.82, 2.24) is 0 Å². The van der Waals surface area contributed by atoms with Gasteiger partial charge in [0.15, 0.2) is 57.8 Å². The third-order valence-electron chi connectivity index (χ3n) is 7.02. The van der Waals surface area contributed by atoms with Gasteiger partial charge < -0.3 is 75.1 Å². The standard InChI is InChI=1S/C27H22O22S/c28-11-1-8(2-12(29)18(11)34)23(38)44-7-17-21(37)22(45-24(39)9-3-13(30)19(35)14(31)4-9)26(41)27(46-17,49-50(42,43)48-26)47-25(40)10-5-15(32)20(36)16(33)6-10/h1-6,17,21-22,28-37,41H,7H2/t17-,21-,22+,26-,27+/m1/s1. The second-order valence-corrected chi connectivity index (χ2v) is 11.5. The SMILES string of the molecule is O=C(OC[C@H]1O[C@@]2(OC(=O)c3cc(O)c(O)c(O)c3)OS(=O)(=O)O[C@]2(O)[C@@H](OC(=O)c2cc(O)c(O)c(O)c2)[C@@H]1O)c1cc(O)c(O)c(O)c1. The fourth-order valence-corrected chi connectivity index (χ4v) is 5.61. The maximum atomic E-state index is 13.2. The van der Waals surface area contributed by atoms with Crippen molar-refractivity contribution in [3.05, 3.63) is 53.1 Å². The van der Waals surface area contributed by atoms with Gasteiger partial charge in [-0.15, -0.1) is 0 Å². The summed E-state index contributed by atoms with van der Waals surface area (Å²) in [6.07, 6.45) is -7.63. The first-order chi connectivity index (χ1) is 23.2. The highest BCUT2D eigenvalue weighted by Gasteiger charge is 2.79. The molecule has 2 saturated heterocycles. The number of hydrogen-bond acceptors (Lipinski definition) is 22. The van der Waals surface area contributed by atoms with Crippen LogP contribution in [0.3, 0.4) is 0 Å². The molecular weight excluding hydrogens is 708 g/mol. The van der Waals surface area contributed by atoms with Crippen LogP contribution in [0.5, 0.6) is 51.7 Å². The van der Waals surface area contributed by atoms with Crippen molar-refractivity contribution in [2.75, 3.05) is 6.61 Å². The molecule has 0 bridgehead atoms. The Morgan fingerprint density at radius 1 is 0.660 bits per heavy atom. The highest BCUT2D eigenvalue weighted by molar-refractivity contribution is 7.82. The van der Waals surface area contributed by atoms with Crippen molar-refractivity contribution >= 4 is 28.3 Å². The fraction of sp³-hybridized carbons (Fsp3) is 0.222. The van der Waals surface area contributed by atoms with Gasteiger partial charge in [0.05, 0.1) is 16.7 Å². The van der Waals surface area contributed by atoms with Crippen molar-refractivity contribution in [2.24, 2.45) is 0 Å². The van der Waals surface area contributed by atoms with Crippen LogP contribution in [0.15, 0.2) is 36.4 Å². The average molecular weight is 731 g/mol. The average Bonchev–Trinajstić information content (AvgIpc) is 3.24. The van der Waals surface area contributed by atoms with E-state index in [-0.39, 0.29) is 0 Å². The molecule has 3 aromatic rings. The molecule has 23 heteroatoms. The Morgan fingerprint density at radius 2 is 1.06 bits per heavy atom. The van der Waals surface area contributed by atoms with Crippen molar-refractivity contribution in [3.8, 4) is 51.7 Å².